The molecule has 3 unspecified atom stereocenters. The van der Waals surface area contributed by atoms with Crippen LogP contribution in [-0.4, -0.2) is 50.9 Å². The van der Waals surface area contributed by atoms with Crippen LogP contribution >= 0.6 is 11.3 Å². The Labute approximate surface area is 284 Å². The van der Waals surface area contributed by atoms with Gasteiger partial charge in [-0.2, -0.15) is 9.83 Å². The first-order chi connectivity index (χ1) is 23.6. The minimum atomic E-state index is -0.811. The Morgan fingerprint density at radius 3 is 2.69 bits per heavy atom. The normalized spacial score (nSPS) is 12.8. The molecule has 0 spiro atoms. The van der Waals surface area contributed by atoms with E-state index in [1.54, 1.807) is 46.8 Å². The minimum absolute atomic E-state index is 0.110. The molecule has 0 aliphatic carbocycles. The monoisotopic (exact) mass is 689 g/mol. The number of carbonyl (C=O) groups is 1. The molecule has 12 nitrogen and oxygen atoms in total. The SMILES string of the molecule is COC(=[OH+])OCc1cccnc1N(C)C(=O)OC(C)[n+]1cnn(CC(c2cc(F)ccc2F)C(C)c2nc(-c3ccc(C#N)cc3)cs2)c1. The van der Waals surface area contributed by atoms with Crippen LogP contribution in [0.2, 0.25) is 0 Å². The zero-order valence-electron chi connectivity index (χ0n) is 27.0. The van der Waals surface area contributed by atoms with Gasteiger partial charge in [-0.1, -0.05) is 19.1 Å². The van der Waals surface area contributed by atoms with E-state index in [-0.39, 0.29) is 30.5 Å². The average molecular weight is 690 g/mol. The molecule has 2 aromatic carbocycles. The highest BCUT2D eigenvalue weighted by molar-refractivity contribution is 7.10. The Kier molecular flexibility index (Phi) is 10.9. The minimum Gasteiger partial charge on any atom is -0.412 e. The van der Waals surface area contributed by atoms with Crippen molar-refractivity contribution in [1.29, 1.82) is 5.26 Å². The Hall–Kier alpha value is -5.75. The average Bonchev–Trinajstić information content (AvgIpc) is 3.81. The Morgan fingerprint density at radius 1 is 1.18 bits per heavy atom. The first-order valence-corrected chi connectivity index (χ1v) is 15.9. The summed E-state index contributed by atoms with van der Waals surface area (Å²) in [7, 11) is 2.74. The number of amides is 1. The smallest absolute Gasteiger partial charge is 0.412 e. The van der Waals surface area contributed by atoms with Gasteiger partial charge in [0.05, 0.1) is 27.9 Å². The number of hydrogen-bond acceptors (Lipinski definition) is 9. The van der Waals surface area contributed by atoms with Crippen molar-refractivity contribution in [2.45, 2.75) is 45.1 Å². The summed E-state index contributed by atoms with van der Waals surface area (Å²) in [6.07, 6.45) is 2.43. The fraction of sp³-hybridized carbons (Fsp3) is 0.265. The summed E-state index contributed by atoms with van der Waals surface area (Å²) in [5.41, 5.74) is 2.75. The predicted octanol–water partition coefficient (Wildman–Crippen LogP) is 5.84. The van der Waals surface area contributed by atoms with Crippen molar-refractivity contribution in [2.24, 2.45) is 0 Å². The highest BCUT2D eigenvalue weighted by Gasteiger charge is 2.31. The van der Waals surface area contributed by atoms with E-state index in [4.69, 9.17) is 19.7 Å². The number of benzene rings is 2. The van der Waals surface area contributed by atoms with E-state index in [2.05, 4.69) is 20.9 Å². The van der Waals surface area contributed by atoms with Gasteiger partial charge in [-0.3, -0.25) is 4.90 Å². The number of rotatable bonds is 11. The molecular formula is C34H33F2N7O5S+2. The quantitative estimate of drug-likeness (QED) is 0.0957. The molecule has 3 aromatic heterocycles. The molecule has 0 aliphatic heterocycles. The van der Waals surface area contributed by atoms with Gasteiger partial charge < -0.3 is 19.0 Å². The molecule has 0 fully saturated rings. The van der Waals surface area contributed by atoms with E-state index in [1.165, 1.54) is 49.0 Å². The summed E-state index contributed by atoms with van der Waals surface area (Å²) in [6, 6.07) is 15.9. The van der Waals surface area contributed by atoms with Crippen LogP contribution in [0.15, 0.2) is 78.8 Å². The van der Waals surface area contributed by atoms with Crippen molar-refractivity contribution < 1.29 is 37.1 Å². The zero-order chi connectivity index (χ0) is 35.1. The van der Waals surface area contributed by atoms with Gasteiger partial charge in [0.2, 0.25) is 12.6 Å². The van der Waals surface area contributed by atoms with Gasteiger partial charge in [-0.25, -0.2) is 23.5 Å². The van der Waals surface area contributed by atoms with Gasteiger partial charge in [0, 0.05) is 48.0 Å². The number of hydrogen-bond donors (Lipinski definition) is 0. The lowest BCUT2D eigenvalue weighted by molar-refractivity contribution is -0.753. The van der Waals surface area contributed by atoms with Gasteiger partial charge in [-0.15, -0.1) is 16.0 Å². The number of anilines is 1. The first kappa shape index (κ1) is 34.6. The number of thiazole rings is 1. The number of methoxy groups -OCH3 is 1. The standard InChI is InChI=1S/C34H32F2N7O5S/c1-21(32-40-30(18-49-32)24-9-7-23(15-37)8-10-24)28(27-14-26(35)11-12-29(27)36)16-43-20-42(19-39-43)22(2)48-33(44)41(3)31-25(6-5-13-38-31)17-47-34(45)46-4/h5-14,18-22,28H,16-17H2,1-4H3/q+1/p+1. The molecule has 0 aliphatic rings. The van der Waals surface area contributed by atoms with E-state index in [0.29, 0.717) is 21.8 Å². The maximum atomic E-state index is 15.2. The number of nitrogens with zero attached hydrogens (tertiary/aromatic N) is 7. The van der Waals surface area contributed by atoms with Crippen molar-refractivity contribution in [1.82, 2.24) is 19.7 Å². The fourth-order valence-corrected chi connectivity index (χ4v) is 6.03. The number of pyridine rings is 1. The molecule has 49 heavy (non-hydrogen) atoms. The van der Waals surface area contributed by atoms with Crippen molar-refractivity contribution in [2.75, 3.05) is 19.1 Å². The zero-order valence-corrected chi connectivity index (χ0v) is 27.8. The van der Waals surface area contributed by atoms with Gasteiger partial charge in [0.25, 0.3) is 6.33 Å². The molecule has 1 amide bonds. The largest absolute Gasteiger partial charge is 0.712 e. The maximum absolute atomic E-state index is 15.2. The molecule has 0 saturated carbocycles. The van der Waals surface area contributed by atoms with Crippen LogP contribution in [0.1, 0.15) is 53.6 Å². The van der Waals surface area contributed by atoms with Crippen LogP contribution < -0.4 is 9.47 Å². The predicted molar refractivity (Wildman–Crippen MR) is 175 cm³/mol. The van der Waals surface area contributed by atoms with Gasteiger partial charge in [-0.05, 0) is 48.0 Å². The third kappa shape index (κ3) is 8.22. The number of ether oxygens (including phenoxy) is 3. The highest BCUT2D eigenvalue weighted by Crippen LogP contribution is 2.38. The van der Waals surface area contributed by atoms with E-state index in [1.807, 2.05) is 24.4 Å². The first-order valence-electron chi connectivity index (χ1n) is 15.0. The van der Waals surface area contributed by atoms with Crippen molar-refractivity contribution >= 4 is 29.4 Å². The molecule has 0 saturated heterocycles. The van der Waals surface area contributed by atoms with Crippen molar-refractivity contribution in [3.63, 3.8) is 0 Å². The molecule has 3 atom stereocenters. The molecule has 5 aromatic rings. The molecule has 252 valence electrons. The molecule has 5 rings (SSSR count). The lowest BCUT2D eigenvalue weighted by Gasteiger charge is -2.21. The fourth-order valence-electron chi connectivity index (χ4n) is 5.08. The van der Waals surface area contributed by atoms with Crippen molar-refractivity contribution in [3.05, 3.63) is 112 Å². The van der Waals surface area contributed by atoms with Crippen LogP contribution in [0.4, 0.5) is 19.4 Å². The molecule has 1 N–H and O–H groups in total. The topological polar surface area (TPSA) is 141 Å². The van der Waals surface area contributed by atoms with Gasteiger partial charge in [0.15, 0.2) is 6.61 Å². The third-order valence-corrected chi connectivity index (χ3v) is 8.89. The number of aromatic nitrogens is 5. The second-order valence-corrected chi connectivity index (χ2v) is 11.9. The van der Waals surface area contributed by atoms with Crippen LogP contribution in [0.25, 0.3) is 11.3 Å². The van der Waals surface area contributed by atoms with Crippen LogP contribution in [0, 0.1) is 23.0 Å². The highest BCUT2D eigenvalue weighted by atomic mass is 32.1. The van der Waals surface area contributed by atoms with E-state index in [0.717, 1.165) is 17.7 Å². The van der Waals surface area contributed by atoms with Crippen LogP contribution in [0.5, 0.6) is 0 Å². The lowest BCUT2D eigenvalue weighted by Crippen LogP contribution is -2.41. The van der Waals surface area contributed by atoms with E-state index >= 15 is 4.39 Å². The molecule has 0 radical (unpaired) electrons. The van der Waals surface area contributed by atoms with E-state index in [9.17, 15) is 14.0 Å². The number of carbonyl (C=O) groups excluding carboxylic acids is 2. The van der Waals surface area contributed by atoms with Gasteiger partial charge >= 0.3 is 12.2 Å². The number of nitriles is 1. The second kappa shape index (κ2) is 15.4. The van der Waals surface area contributed by atoms with Crippen molar-refractivity contribution in [3.8, 4) is 17.3 Å². The summed E-state index contributed by atoms with van der Waals surface area (Å²) in [5.74, 6) is -1.80. The molecule has 15 heteroatoms. The van der Waals surface area contributed by atoms with Crippen LogP contribution in [-0.2, 0) is 27.4 Å². The maximum Gasteiger partial charge on any atom is 0.712 e. The number of halogens is 2. The second-order valence-electron chi connectivity index (χ2n) is 11.0. The molecule has 0 bridgehead atoms. The summed E-state index contributed by atoms with van der Waals surface area (Å²) < 4.78 is 48.2. The lowest BCUT2D eigenvalue weighted by atomic mass is 9.87. The molecular weight excluding hydrogens is 656 g/mol. The third-order valence-electron chi connectivity index (χ3n) is 7.84. The Bertz CT molecular complexity index is 1980. The summed E-state index contributed by atoms with van der Waals surface area (Å²) in [6.45, 7) is 3.60. The summed E-state index contributed by atoms with van der Waals surface area (Å²) >= 11 is 1.41. The summed E-state index contributed by atoms with van der Waals surface area (Å²) in [4.78, 5) is 32.8. The Balaban J connectivity index is 1.33. The molecule has 3 heterocycles. The van der Waals surface area contributed by atoms with E-state index < -0.39 is 36.0 Å². The van der Waals surface area contributed by atoms with Gasteiger partial charge in [0.1, 0.15) is 31.1 Å². The van der Waals surface area contributed by atoms with Crippen LogP contribution in [0.3, 0.4) is 0 Å². The summed E-state index contributed by atoms with van der Waals surface area (Å²) in [5, 5.41) is 16.2. The Morgan fingerprint density at radius 2 is 1.96 bits per heavy atom.